The van der Waals surface area contributed by atoms with Gasteiger partial charge in [0.2, 0.25) is 0 Å². The fourth-order valence-electron chi connectivity index (χ4n) is 1.34. The maximum atomic E-state index is 4.18. The average molecular weight is 176 g/mol. The van der Waals surface area contributed by atoms with Crippen LogP contribution in [0.1, 0.15) is 19.4 Å². The smallest absolute Gasteiger partial charge is 0.219 e. The molecule has 0 fully saturated rings. The van der Waals surface area contributed by atoms with E-state index < -0.39 is 0 Å². The Hall–Kier alpha value is -1.45. The van der Waals surface area contributed by atoms with Crippen LogP contribution in [0, 0.1) is 5.92 Å². The van der Waals surface area contributed by atoms with Gasteiger partial charge >= 0.3 is 0 Å². The van der Waals surface area contributed by atoms with E-state index in [1.807, 2.05) is 12.4 Å². The normalized spacial score (nSPS) is 11.3. The highest BCUT2D eigenvalue weighted by Gasteiger charge is 2.01. The lowest BCUT2D eigenvalue weighted by molar-refractivity contribution is 0.641. The third kappa shape index (κ3) is 1.66. The third-order valence-electron chi connectivity index (χ3n) is 1.83. The molecule has 0 unspecified atom stereocenters. The van der Waals surface area contributed by atoms with Gasteiger partial charge in [0.25, 0.3) is 5.78 Å². The quantitative estimate of drug-likeness (QED) is 0.693. The Morgan fingerprint density at radius 3 is 3.00 bits per heavy atom. The highest BCUT2D eigenvalue weighted by Crippen LogP contribution is 2.06. The van der Waals surface area contributed by atoms with Crippen LogP contribution in [0.15, 0.2) is 18.7 Å². The molecule has 0 N–H and O–H groups in total. The molecule has 4 heteroatoms. The molecule has 0 radical (unpaired) electrons. The molecule has 2 aromatic heterocycles. The van der Waals surface area contributed by atoms with E-state index in [1.165, 1.54) is 11.9 Å². The SMILES string of the molecule is CC(C)Cc1cnc2ncnn2c1. The Balaban J connectivity index is 2.37. The Morgan fingerprint density at radius 2 is 2.23 bits per heavy atom. The van der Waals surface area contributed by atoms with Crippen LogP contribution < -0.4 is 0 Å². The van der Waals surface area contributed by atoms with Crippen molar-refractivity contribution >= 4 is 5.78 Å². The van der Waals surface area contributed by atoms with Crippen molar-refractivity contribution in [3.8, 4) is 0 Å². The van der Waals surface area contributed by atoms with Crippen molar-refractivity contribution in [1.29, 1.82) is 0 Å². The van der Waals surface area contributed by atoms with Gasteiger partial charge in [0.05, 0.1) is 0 Å². The summed E-state index contributed by atoms with van der Waals surface area (Å²) >= 11 is 0. The summed E-state index contributed by atoms with van der Waals surface area (Å²) in [6.07, 6.45) is 6.39. The average Bonchev–Trinajstić information content (AvgIpc) is 2.49. The van der Waals surface area contributed by atoms with Crippen LogP contribution in [0.4, 0.5) is 0 Å². The van der Waals surface area contributed by atoms with E-state index in [-0.39, 0.29) is 0 Å². The monoisotopic (exact) mass is 176 g/mol. The summed E-state index contributed by atoms with van der Waals surface area (Å²) < 4.78 is 1.71. The Labute approximate surface area is 76.6 Å². The molecule has 0 spiro atoms. The fraction of sp³-hybridized carbons (Fsp3) is 0.444. The van der Waals surface area contributed by atoms with Crippen LogP contribution in [-0.2, 0) is 6.42 Å². The summed E-state index contributed by atoms with van der Waals surface area (Å²) in [5.41, 5.74) is 1.20. The minimum atomic E-state index is 0.641. The number of fused-ring (bicyclic) bond motifs is 1. The molecule has 0 bridgehead atoms. The van der Waals surface area contributed by atoms with Crippen molar-refractivity contribution in [3.63, 3.8) is 0 Å². The minimum absolute atomic E-state index is 0.641. The number of hydrogen-bond acceptors (Lipinski definition) is 3. The number of rotatable bonds is 2. The molecule has 2 rings (SSSR count). The summed E-state index contributed by atoms with van der Waals surface area (Å²) in [7, 11) is 0. The first-order valence-electron chi connectivity index (χ1n) is 4.40. The Morgan fingerprint density at radius 1 is 1.38 bits per heavy atom. The van der Waals surface area contributed by atoms with E-state index in [0.29, 0.717) is 11.7 Å². The molecule has 2 aromatic rings. The summed E-state index contributed by atoms with van der Waals surface area (Å²) in [6.45, 7) is 4.37. The largest absolute Gasteiger partial charge is 0.252 e. The molecule has 0 amide bonds. The highest BCUT2D eigenvalue weighted by molar-refractivity contribution is 5.25. The lowest BCUT2D eigenvalue weighted by atomic mass is 10.1. The van der Waals surface area contributed by atoms with Crippen LogP contribution in [0.25, 0.3) is 5.78 Å². The molecule has 0 saturated heterocycles. The van der Waals surface area contributed by atoms with Gasteiger partial charge in [-0.3, -0.25) is 0 Å². The molecule has 0 atom stereocenters. The zero-order valence-corrected chi connectivity index (χ0v) is 7.81. The number of hydrogen-bond donors (Lipinski definition) is 0. The first-order chi connectivity index (χ1) is 6.25. The molecule has 0 saturated carbocycles. The summed E-state index contributed by atoms with van der Waals surface area (Å²) in [6, 6.07) is 0. The lowest BCUT2D eigenvalue weighted by Crippen LogP contribution is -1.99. The van der Waals surface area contributed by atoms with Crippen molar-refractivity contribution in [1.82, 2.24) is 19.6 Å². The van der Waals surface area contributed by atoms with Crippen LogP contribution >= 0.6 is 0 Å². The van der Waals surface area contributed by atoms with Gasteiger partial charge in [-0.1, -0.05) is 13.8 Å². The van der Waals surface area contributed by atoms with Gasteiger partial charge in [-0.15, -0.1) is 0 Å². The first kappa shape index (κ1) is 8.16. The lowest BCUT2D eigenvalue weighted by Gasteiger charge is -2.03. The van der Waals surface area contributed by atoms with Crippen LogP contribution in [0.3, 0.4) is 0 Å². The second-order valence-corrected chi connectivity index (χ2v) is 3.56. The van der Waals surface area contributed by atoms with Crippen molar-refractivity contribution < 1.29 is 0 Å². The molecular weight excluding hydrogens is 164 g/mol. The molecule has 4 nitrogen and oxygen atoms in total. The van der Waals surface area contributed by atoms with Crippen molar-refractivity contribution in [2.45, 2.75) is 20.3 Å². The van der Waals surface area contributed by atoms with E-state index in [2.05, 4.69) is 28.9 Å². The van der Waals surface area contributed by atoms with E-state index in [0.717, 1.165) is 6.42 Å². The maximum Gasteiger partial charge on any atom is 0.252 e. The first-order valence-corrected chi connectivity index (χ1v) is 4.40. The predicted molar refractivity (Wildman–Crippen MR) is 49.3 cm³/mol. The topological polar surface area (TPSA) is 43.1 Å². The molecule has 68 valence electrons. The zero-order valence-electron chi connectivity index (χ0n) is 7.81. The van der Waals surface area contributed by atoms with Crippen molar-refractivity contribution in [3.05, 3.63) is 24.3 Å². The van der Waals surface area contributed by atoms with Crippen LogP contribution in [0.2, 0.25) is 0 Å². The minimum Gasteiger partial charge on any atom is -0.219 e. The van der Waals surface area contributed by atoms with Gasteiger partial charge in [0.1, 0.15) is 6.33 Å². The third-order valence-corrected chi connectivity index (χ3v) is 1.83. The molecule has 0 aromatic carbocycles. The van der Waals surface area contributed by atoms with Gasteiger partial charge in [0.15, 0.2) is 0 Å². The zero-order chi connectivity index (χ0) is 9.26. The van der Waals surface area contributed by atoms with Gasteiger partial charge < -0.3 is 0 Å². The molecule has 0 aliphatic heterocycles. The van der Waals surface area contributed by atoms with Crippen molar-refractivity contribution in [2.24, 2.45) is 5.92 Å². The molecule has 0 aliphatic carbocycles. The van der Waals surface area contributed by atoms with Gasteiger partial charge in [-0.25, -0.2) is 9.50 Å². The van der Waals surface area contributed by atoms with Gasteiger partial charge in [0, 0.05) is 12.4 Å². The van der Waals surface area contributed by atoms with E-state index in [1.54, 1.807) is 4.52 Å². The second-order valence-electron chi connectivity index (χ2n) is 3.56. The Kier molecular flexibility index (Phi) is 1.96. The maximum absolute atomic E-state index is 4.18. The second kappa shape index (κ2) is 3.12. The molecule has 13 heavy (non-hydrogen) atoms. The molecule has 2 heterocycles. The fourth-order valence-corrected chi connectivity index (χ4v) is 1.34. The van der Waals surface area contributed by atoms with E-state index in [4.69, 9.17) is 0 Å². The Bertz CT molecular complexity index is 405. The van der Waals surface area contributed by atoms with Gasteiger partial charge in [-0.05, 0) is 17.9 Å². The summed E-state index contributed by atoms with van der Waals surface area (Å²) in [4.78, 5) is 8.16. The highest BCUT2D eigenvalue weighted by atomic mass is 15.3. The van der Waals surface area contributed by atoms with E-state index in [9.17, 15) is 0 Å². The van der Waals surface area contributed by atoms with Crippen molar-refractivity contribution in [2.75, 3.05) is 0 Å². The molecular formula is C9H12N4. The van der Waals surface area contributed by atoms with Crippen LogP contribution in [-0.4, -0.2) is 19.6 Å². The van der Waals surface area contributed by atoms with Crippen LogP contribution in [0.5, 0.6) is 0 Å². The molecule has 0 aliphatic rings. The standard InChI is InChI=1S/C9H12N4/c1-7(2)3-8-4-10-9-11-6-12-13(9)5-8/h4-7H,3H2,1-2H3. The number of nitrogens with zero attached hydrogens (tertiary/aromatic N) is 4. The number of aromatic nitrogens is 4. The summed E-state index contributed by atoms with van der Waals surface area (Å²) in [5.74, 6) is 1.30. The summed E-state index contributed by atoms with van der Waals surface area (Å²) in [5, 5.41) is 4.03. The van der Waals surface area contributed by atoms with E-state index >= 15 is 0 Å². The van der Waals surface area contributed by atoms with Gasteiger partial charge in [-0.2, -0.15) is 10.1 Å². The predicted octanol–water partition coefficient (Wildman–Crippen LogP) is 1.32.